The Hall–Kier alpha value is -3.87. The van der Waals surface area contributed by atoms with Crippen LogP contribution in [0.2, 0.25) is 0 Å². The molecule has 0 bridgehead atoms. The van der Waals surface area contributed by atoms with Gasteiger partial charge in [0.1, 0.15) is 5.82 Å². The maximum absolute atomic E-state index is 13.7. The Balaban J connectivity index is 0.00000235. The third-order valence-electron chi connectivity index (χ3n) is 5.18. The average Bonchev–Trinajstić information content (AvgIpc) is 3.08. The minimum absolute atomic E-state index is 0.0936. The van der Waals surface area contributed by atoms with Crippen LogP contribution in [0.4, 0.5) is 30.7 Å². The van der Waals surface area contributed by atoms with Crippen molar-refractivity contribution in [3.63, 3.8) is 0 Å². The topological polar surface area (TPSA) is 28.0 Å². The minimum atomic E-state index is -4.96. The van der Waals surface area contributed by atoms with Gasteiger partial charge in [-0.3, -0.25) is 9.98 Å². The molecule has 0 N–H and O–H groups in total. The van der Waals surface area contributed by atoms with Crippen molar-refractivity contribution in [2.75, 3.05) is 13.1 Å². The van der Waals surface area contributed by atoms with Gasteiger partial charge in [-0.15, -0.1) is 12.8 Å². The van der Waals surface area contributed by atoms with E-state index in [-0.39, 0.29) is 18.2 Å². The van der Waals surface area contributed by atoms with Gasteiger partial charge in [0, 0.05) is 24.9 Å². The molecule has 2 aromatic carbocycles. The van der Waals surface area contributed by atoms with Gasteiger partial charge in [0.25, 0.3) is 0 Å². The second-order valence-electron chi connectivity index (χ2n) is 7.81. The zero-order chi connectivity index (χ0) is 27.8. The van der Waals surface area contributed by atoms with E-state index in [0.717, 1.165) is 0 Å². The first-order chi connectivity index (χ1) is 17.4. The molecule has 0 radical (unpaired) electrons. The van der Waals surface area contributed by atoms with Crippen molar-refractivity contribution < 1.29 is 30.7 Å². The van der Waals surface area contributed by atoms with E-state index in [9.17, 15) is 30.7 Å². The van der Waals surface area contributed by atoms with Crippen molar-refractivity contribution in [1.82, 2.24) is 4.90 Å². The van der Waals surface area contributed by atoms with Gasteiger partial charge in [0.15, 0.2) is 0 Å². The van der Waals surface area contributed by atoms with E-state index in [4.69, 9.17) is 0 Å². The van der Waals surface area contributed by atoms with Crippen LogP contribution in [0.3, 0.4) is 0 Å². The van der Waals surface area contributed by atoms with Gasteiger partial charge in [-0.2, -0.15) is 26.3 Å². The standard InChI is InChI=1S/C25H22F7N3.C2H2/c1-3-33-15-35(14-17-10-18(24(27,28)29)12-19(11-17)25(30,31)32)23-13-34-8-4-5-22(23)21-7-6-20(26)9-16(21)2;1-2/h4-7,9-13,15H,3,8,14H2,1-2H3;1-2H. The van der Waals surface area contributed by atoms with Crippen LogP contribution < -0.4 is 0 Å². The number of benzene rings is 2. The Kier molecular flexibility index (Phi) is 9.83. The fraction of sp³-hybridized carbons (Fsp3) is 0.259. The number of alkyl halides is 6. The first-order valence-corrected chi connectivity index (χ1v) is 11.0. The van der Waals surface area contributed by atoms with E-state index in [1.165, 1.54) is 29.6 Å². The molecule has 10 heteroatoms. The maximum Gasteiger partial charge on any atom is 0.416 e. The molecule has 196 valence electrons. The minimum Gasteiger partial charge on any atom is -0.326 e. The molecule has 3 nitrogen and oxygen atoms in total. The van der Waals surface area contributed by atoms with E-state index in [2.05, 4.69) is 22.8 Å². The van der Waals surface area contributed by atoms with Crippen LogP contribution in [0.25, 0.3) is 5.57 Å². The number of allylic oxidation sites excluding steroid dienone is 3. The molecule has 0 atom stereocenters. The molecule has 0 saturated carbocycles. The van der Waals surface area contributed by atoms with Crippen LogP contribution >= 0.6 is 0 Å². The molecule has 2 aromatic rings. The number of rotatable bonds is 6. The zero-order valence-corrected chi connectivity index (χ0v) is 20.0. The van der Waals surface area contributed by atoms with Gasteiger partial charge >= 0.3 is 12.4 Å². The smallest absolute Gasteiger partial charge is 0.326 e. The van der Waals surface area contributed by atoms with E-state index in [1.807, 2.05) is 0 Å². The molecule has 0 spiro atoms. The summed E-state index contributed by atoms with van der Waals surface area (Å²) in [6.45, 7) is 3.74. The Labute approximate surface area is 210 Å². The molecule has 0 amide bonds. The first kappa shape index (κ1) is 29.4. The van der Waals surface area contributed by atoms with Gasteiger partial charge < -0.3 is 4.90 Å². The molecular formula is C27H24F7N3. The van der Waals surface area contributed by atoms with Crippen LogP contribution in [-0.2, 0) is 18.9 Å². The van der Waals surface area contributed by atoms with Crippen LogP contribution in [0.15, 0.2) is 64.2 Å². The summed E-state index contributed by atoms with van der Waals surface area (Å²) < 4.78 is 93.9. The maximum atomic E-state index is 13.7. The molecule has 3 rings (SSSR count). The van der Waals surface area contributed by atoms with E-state index in [0.29, 0.717) is 47.6 Å². The summed E-state index contributed by atoms with van der Waals surface area (Å²) in [4.78, 5) is 9.85. The largest absolute Gasteiger partial charge is 0.416 e. The number of hydrogen-bond acceptors (Lipinski definition) is 2. The molecular weight excluding hydrogens is 499 g/mol. The highest BCUT2D eigenvalue weighted by Gasteiger charge is 2.37. The second kappa shape index (κ2) is 12.4. The lowest BCUT2D eigenvalue weighted by Crippen LogP contribution is -2.24. The summed E-state index contributed by atoms with van der Waals surface area (Å²) >= 11 is 0. The number of aryl methyl sites for hydroxylation is 1. The van der Waals surface area contributed by atoms with E-state index in [1.54, 1.807) is 32.1 Å². The second-order valence-corrected chi connectivity index (χ2v) is 7.81. The molecule has 0 saturated heterocycles. The quantitative estimate of drug-likeness (QED) is 0.169. The lowest BCUT2D eigenvalue weighted by atomic mass is 9.97. The Bertz CT molecular complexity index is 1200. The highest BCUT2D eigenvalue weighted by molar-refractivity contribution is 5.97. The lowest BCUT2D eigenvalue weighted by molar-refractivity contribution is -0.143. The molecule has 1 aliphatic heterocycles. The SMILES string of the molecule is C#C.CCN=CN(Cc1cc(C(F)(F)F)cc(C(F)(F)F)c1)C1=C(c2ccc(F)cc2C)C=CCN=C1. The summed E-state index contributed by atoms with van der Waals surface area (Å²) in [6.07, 6.45) is 4.41. The van der Waals surface area contributed by atoms with Gasteiger partial charge in [0.2, 0.25) is 0 Å². The Morgan fingerprint density at radius 1 is 1.00 bits per heavy atom. The molecule has 1 heterocycles. The highest BCUT2D eigenvalue weighted by atomic mass is 19.4. The van der Waals surface area contributed by atoms with Crippen LogP contribution in [0.1, 0.15) is 34.7 Å². The molecule has 37 heavy (non-hydrogen) atoms. The van der Waals surface area contributed by atoms with Crippen molar-refractivity contribution in [2.45, 2.75) is 32.7 Å². The highest BCUT2D eigenvalue weighted by Crippen LogP contribution is 2.37. The first-order valence-electron chi connectivity index (χ1n) is 11.0. The third kappa shape index (κ3) is 7.81. The predicted octanol–water partition coefficient (Wildman–Crippen LogP) is 7.32. The fourth-order valence-corrected chi connectivity index (χ4v) is 3.59. The lowest BCUT2D eigenvalue weighted by Gasteiger charge is -2.24. The monoisotopic (exact) mass is 523 g/mol. The van der Waals surface area contributed by atoms with Crippen molar-refractivity contribution in [2.24, 2.45) is 9.98 Å². The third-order valence-corrected chi connectivity index (χ3v) is 5.18. The van der Waals surface area contributed by atoms with Gasteiger partial charge in [-0.25, -0.2) is 4.39 Å². The number of aliphatic imine (C=N–C) groups is 2. The van der Waals surface area contributed by atoms with Gasteiger partial charge in [0.05, 0.1) is 29.7 Å². The van der Waals surface area contributed by atoms with Gasteiger partial charge in [-0.05, 0) is 60.9 Å². The summed E-state index contributed by atoms with van der Waals surface area (Å²) in [7, 11) is 0. The zero-order valence-electron chi connectivity index (χ0n) is 20.0. The number of halogens is 7. The van der Waals surface area contributed by atoms with Crippen LogP contribution in [0.5, 0.6) is 0 Å². The Morgan fingerprint density at radius 3 is 2.16 bits per heavy atom. The van der Waals surface area contributed by atoms with Crippen LogP contribution in [0, 0.1) is 25.6 Å². The number of hydrogen-bond donors (Lipinski definition) is 0. The summed E-state index contributed by atoms with van der Waals surface area (Å²) in [5.41, 5.74) is -0.783. The summed E-state index contributed by atoms with van der Waals surface area (Å²) in [6, 6.07) is 5.64. The summed E-state index contributed by atoms with van der Waals surface area (Å²) in [5.74, 6) is -0.437. The predicted molar refractivity (Wildman–Crippen MR) is 131 cm³/mol. The molecule has 0 aliphatic carbocycles. The molecule has 0 fully saturated rings. The fourth-order valence-electron chi connectivity index (χ4n) is 3.59. The van der Waals surface area contributed by atoms with Crippen molar-refractivity contribution in [3.8, 4) is 12.8 Å². The van der Waals surface area contributed by atoms with Crippen molar-refractivity contribution in [1.29, 1.82) is 0 Å². The molecule has 0 unspecified atom stereocenters. The average molecular weight is 523 g/mol. The number of terminal acetylenes is 1. The molecule has 0 aromatic heterocycles. The molecule has 1 aliphatic rings. The summed E-state index contributed by atoms with van der Waals surface area (Å²) in [5, 5.41) is 0. The Morgan fingerprint density at radius 2 is 1.62 bits per heavy atom. The van der Waals surface area contributed by atoms with Crippen LogP contribution in [-0.4, -0.2) is 30.5 Å². The number of nitrogens with zero attached hydrogens (tertiary/aromatic N) is 3. The van der Waals surface area contributed by atoms with Crippen molar-refractivity contribution >= 4 is 18.1 Å². The van der Waals surface area contributed by atoms with Gasteiger partial charge in [-0.1, -0.05) is 18.2 Å². The van der Waals surface area contributed by atoms with Crippen molar-refractivity contribution in [3.05, 3.63) is 87.9 Å². The van der Waals surface area contributed by atoms with E-state index < -0.39 is 29.3 Å². The van der Waals surface area contributed by atoms with E-state index >= 15 is 0 Å². The normalized spacial score (nSPS) is 13.9.